The molecular formula is C18H19BO2S. The molecule has 1 fully saturated rings. The van der Waals surface area contributed by atoms with Crippen molar-refractivity contribution in [1.29, 1.82) is 0 Å². The molecule has 2 aromatic carbocycles. The first-order valence-electron chi connectivity index (χ1n) is 7.65. The minimum atomic E-state index is -0.314. The molecule has 0 radical (unpaired) electrons. The molecule has 1 aromatic heterocycles. The SMILES string of the molecule is CC1(C)OB(c2cccc3sc4ccccc4c23)OC1(C)C. The van der Waals surface area contributed by atoms with Gasteiger partial charge >= 0.3 is 7.12 Å². The smallest absolute Gasteiger partial charge is 0.399 e. The van der Waals surface area contributed by atoms with Crippen LogP contribution in [0.15, 0.2) is 42.5 Å². The first kappa shape index (κ1) is 14.3. The van der Waals surface area contributed by atoms with Gasteiger partial charge in [-0.1, -0.05) is 30.3 Å². The minimum absolute atomic E-state index is 0.313. The van der Waals surface area contributed by atoms with E-state index in [1.165, 1.54) is 20.2 Å². The van der Waals surface area contributed by atoms with E-state index in [-0.39, 0.29) is 18.3 Å². The predicted molar refractivity (Wildman–Crippen MR) is 95.0 cm³/mol. The number of rotatable bonds is 1. The molecule has 0 spiro atoms. The molecule has 4 rings (SSSR count). The van der Waals surface area contributed by atoms with Gasteiger partial charge in [0.1, 0.15) is 0 Å². The topological polar surface area (TPSA) is 18.5 Å². The van der Waals surface area contributed by atoms with Crippen LogP contribution in [0.3, 0.4) is 0 Å². The maximum absolute atomic E-state index is 6.26. The number of thiophene rings is 1. The zero-order valence-corrected chi connectivity index (χ0v) is 14.2. The first-order chi connectivity index (χ1) is 10.4. The van der Waals surface area contributed by atoms with Crippen molar-refractivity contribution in [3.63, 3.8) is 0 Å². The fraction of sp³-hybridized carbons (Fsp3) is 0.333. The van der Waals surface area contributed by atoms with Crippen molar-refractivity contribution in [3.05, 3.63) is 42.5 Å². The predicted octanol–water partition coefficient (Wildman–Crippen LogP) is 4.35. The fourth-order valence-electron chi connectivity index (χ4n) is 2.97. The molecule has 22 heavy (non-hydrogen) atoms. The average Bonchev–Trinajstić information content (AvgIpc) is 2.93. The van der Waals surface area contributed by atoms with Gasteiger partial charge in [0.15, 0.2) is 0 Å². The number of hydrogen-bond acceptors (Lipinski definition) is 3. The van der Waals surface area contributed by atoms with Gasteiger partial charge in [-0.2, -0.15) is 0 Å². The molecule has 4 heteroatoms. The first-order valence-corrected chi connectivity index (χ1v) is 8.46. The van der Waals surface area contributed by atoms with Crippen molar-refractivity contribution in [2.45, 2.75) is 38.9 Å². The molecule has 3 aromatic rings. The van der Waals surface area contributed by atoms with Gasteiger partial charge in [-0.25, -0.2) is 0 Å². The highest BCUT2D eigenvalue weighted by molar-refractivity contribution is 7.26. The Balaban J connectivity index is 1.93. The zero-order chi connectivity index (χ0) is 15.5. The van der Waals surface area contributed by atoms with Crippen molar-refractivity contribution in [2.24, 2.45) is 0 Å². The van der Waals surface area contributed by atoms with Gasteiger partial charge < -0.3 is 9.31 Å². The standard InChI is InChI=1S/C18H19BO2S/c1-17(2)18(3,4)21-19(20-17)13-9-7-11-15-16(13)12-8-5-6-10-14(12)22-15/h5-11H,1-4H3. The van der Waals surface area contributed by atoms with Crippen molar-refractivity contribution in [1.82, 2.24) is 0 Å². The monoisotopic (exact) mass is 310 g/mol. The van der Waals surface area contributed by atoms with Crippen LogP contribution in [0, 0.1) is 0 Å². The molecule has 1 saturated heterocycles. The second kappa shape index (κ2) is 4.57. The van der Waals surface area contributed by atoms with Gasteiger partial charge in [-0.05, 0) is 50.7 Å². The second-order valence-electron chi connectivity index (χ2n) is 6.91. The normalized spacial score (nSPS) is 20.1. The molecule has 1 aliphatic heterocycles. The summed E-state index contributed by atoms with van der Waals surface area (Å²) in [5.74, 6) is 0. The lowest BCUT2D eigenvalue weighted by Crippen LogP contribution is -2.41. The van der Waals surface area contributed by atoms with Gasteiger partial charge in [-0.3, -0.25) is 0 Å². The third kappa shape index (κ3) is 1.94. The van der Waals surface area contributed by atoms with E-state index < -0.39 is 0 Å². The average molecular weight is 310 g/mol. The third-order valence-electron chi connectivity index (χ3n) is 4.94. The molecule has 2 heterocycles. The summed E-state index contributed by atoms with van der Waals surface area (Å²) >= 11 is 1.82. The zero-order valence-electron chi connectivity index (χ0n) is 13.3. The summed E-state index contributed by atoms with van der Waals surface area (Å²) < 4.78 is 15.1. The summed E-state index contributed by atoms with van der Waals surface area (Å²) in [5, 5.41) is 2.55. The third-order valence-corrected chi connectivity index (χ3v) is 6.08. The lowest BCUT2D eigenvalue weighted by molar-refractivity contribution is 0.00578. The highest BCUT2D eigenvalue weighted by Gasteiger charge is 2.52. The van der Waals surface area contributed by atoms with E-state index in [0.29, 0.717) is 0 Å². The Morgan fingerprint density at radius 1 is 0.818 bits per heavy atom. The van der Waals surface area contributed by atoms with E-state index >= 15 is 0 Å². The van der Waals surface area contributed by atoms with Crippen LogP contribution in [0.5, 0.6) is 0 Å². The van der Waals surface area contributed by atoms with E-state index in [9.17, 15) is 0 Å². The van der Waals surface area contributed by atoms with Crippen LogP contribution in [0.25, 0.3) is 20.2 Å². The molecule has 0 atom stereocenters. The van der Waals surface area contributed by atoms with Crippen LogP contribution < -0.4 is 5.46 Å². The number of benzene rings is 2. The van der Waals surface area contributed by atoms with Crippen LogP contribution in [-0.4, -0.2) is 18.3 Å². The summed E-state index contributed by atoms with van der Waals surface area (Å²) in [4.78, 5) is 0. The van der Waals surface area contributed by atoms with Crippen molar-refractivity contribution in [2.75, 3.05) is 0 Å². The Bertz CT molecular complexity index is 850. The maximum atomic E-state index is 6.26. The van der Waals surface area contributed by atoms with Gasteiger partial charge in [0, 0.05) is 14.8 Å². The van der Waals surface area contributed by atoms with E-state index in [2.05, 4.69) is 70.2 Å². The lowest BCUT2D eigenvalue weighted by Gasteiger charge is -2.32. The summed E-state index contributed by atoms with van der Waals surface area (Å²) in [6, 6.07) is 14.9. The van der Waals surface area contributed by atoms with Crippen LogP contribution in [0.2, 0.25) is 0 Å². The molecule has 0 unspecified atom stereocenters. The Morgan fingerprint density at radius 3 is 2.18 bits per heavy atom. The molecule has 0 aliphatic carbocycles. The Labute approximate surface area is 135 Å². The van der Waals surface area contributed by atoms with Crippen molar-refractivity contribution >= 4 is 44.1 Å². The van der Waals surface area contributed by atoms with E-state index in [1.54, 1.807) is 0 Å². The van der Waals surface area contributed by atoms with Gasteiger partial charge in [0.2, 0.25) is 0 Å². The number of hydrogen-bond donors (Lipinski definition) is 0. The van der Waals surface area contributed by atoms with Gasteiger partial charge in [0.25, 0.3) is 0 Å². The second-order valence-corrected chi connectivity index (χ2v) is 7.99. The molecule has 0 bridgehead atoms. The molecule has 112 valence electrons. The van der Waals surface area contributed by atoms with Crippen LogP contribution in [0.1, 0.15) is 27.7 Å². The maximum Gasteiger partial charge on any atom is 0.495 e. The highest BCUT2D eigenvalue weighted by atomic mass is 32.1. The highest BCUT2D eigenvalue weighted by Crippen LogP contribution is 2.38. The van der Waals surface area contributed by atoms with Gasteiger partial charge in [-0.15, -0.1) is 11.3 Å². The quantitative estimate of drug-likeness (QED) is 0.622. The number of fused-ring (bicyclic) bond motifs is 3. The molecule has 0 amide bonds. The molecule has 2 nitrogen and oxygen atoms in total. The van der Waals surface area contributed by atoms with E-state index in [1.807, 2.05) is 11.3 Å². The van der Waals surface area contributed by atoms with Crippen LogP contribution >= 0.6 is 11.3 Å². The molecule has 0 N–H and O–H groups in total. The van der Waals surface area contributed by atoms with E-state index in [4.69, 9.17) is 9.31 Å². The summed E-state index contributed by atoms with van der Waals surface area (Å²) in [6.45, 7) is 8.38. The largest absolute Gasteiger partial charge is 0.495 e. The Morgan fingerprint density at radius 2 is 1.45 bits per heavy atom. The summed E-state index contributed by atoms with van der Waals surface area (Å²) in [5.41, 5.74) is 0.505. The van der Waals surface area contributed by atoms with E-state index in [0.717, 1.165) is 5.46 Å². The summed E-state index contributed by atoms with van der Waals surface area (Å²) in [6.07, 6.45) is 0. The van der Waals surface area contributed by atoms with Crippen molar-refractivity contribution < 1.29 is 9.31 Å². The van der Waals surface area contributed by atoms with Gasteiger partial charge in [0.05, 0.1) is 11.2 Å². The van der Waals surface area contributed by atoms with Crippen LogP contribution in [-0.2, 0) is 9.31 Å². The summed E-state index contributed by atoms with van der Waals surface area (Å²) in [7, 11) is -0.313. The molecule has 0 saturated carbocycles. The molecule has 1 aliphatic rings. The Kier molecular flexibility index (Phi) is 2.96. The van der Waals surface area contributed by atoms with Crippen molar-refractivity contribution in [3.8, 4) is 0 Å². The minimum Gasteiger partial charge on any atom is -0.399 e. The molecular weight excluding hydrogens is 291 g/mol. The Hall–Kier alpha value is -1.36. The fourth-order valence-corrected chi connectivity index (χ4v) is 4.11. The lowest BCUT2D eigenvalue weighted by atomic mass is 9.76. The van der Waals surface area contributed by atoms with Crippen LogP contribution in [0.4, 0.5) is 0 Å².